The van der Waals surface area contributed by atoms with Crippen molar-refractivity contribution in [3.05, 3.63) is 57.5 Å². The molecule has 0 fully saturated rings. The zero-order chi connectivity index (χ0) is 18.1. The van der Waals surface area contributed by atoms with Crippen molar-refractivity contribution < 1.29 is 0 Å². The summed E-state index contributed by atoms with van der Waals surface area (Å²) >= 11 is 2.76. The Morgan fingerprint density at radius 3 is 2.77 bits per heavy atom. The lowest BCUT2D eigenvalue weighted by Crippen LogP contribution is -2.22. The first kappa shape index (κ1) is 16.7. The third-order valence-corrected chi connectivity index (χ3v) is 5.74. The molecule has 0 saturated carbocycles. The fourth-order valence-corrected chi connectivity index (χ4v) is 3.97. The second-order valence-electron chi connectivity index (χ2n) is 5.46. The molecule has 3 aromatic heterocycles. The summed E-state index contributed by atoms with van der Waals surface area (Å²) in [5.41, 5.74) is 1.82. The van der Waals surface area contributed by atoms with Crippen LogP contribution in [-0.4, -0.2) is 39.2 Å². The molecule has 0 aliphatic rings. The van der Waals surface area contributed by atoms with Crippen molar-refractivity contribution in [3.63, 3.8) is 0 Å². The molecule has 0 aliphatic carbocycles. The largest absolute Gasteiger partial charge is 0.297 e. The van der Waals surface area contributed by atoms with Gasteiger partial charge >= 0.3 is 0 Å². The predicted molar refractivity (Wildman–Crippen MR) is 97.9 cm³/mol. The fraction of sp³-hybridized carbons (Fsp3) is 0.200. The molecular weight excluding hydrogens is 372 g/mol. The Hall–Kier alpha value is -2.79. The molecule has 3 heterocycles. The third-order valence-electron chi connectivity index (χ3n) is 3.93. The number of benzene rings is 1. The van der Waals surface area contributed by atoms with E-state index < -0.39 is 0 Å². The van der Waals surface area contributed by atoms with E-state index in [0.717, 1.165) is 16.3 Å². The lowest BCUT2D eigenvalue weighted by Gasteiger charge is -2.07. The normalized spacial score (nSPS) is 11.2. The molecule has 0 bridgehead atoms. The molecule has 11 heteroatoms. The summed E-state index contributed by atoms with van der Waals surface area (Å²) in [6.45, 7) is 1.87. The molecule has 0 atom stereocenters. The molecule has 0 amide bonds. The average Bonchev–Trinajstić information content (AvgIpc) is 3.36. The van der Waals surface area contributed by atoms with Gasteiger partial charge in [-0.05, 0) is 41.0 Å². The van der Waals surface area contributed by atoms with E-state index >= 15 is 0 Å². The summed E-state index contributed by atoms with van der Waals surface area (Å²) in [7, 11) is 1.84. The molecule has 9 nitrogen and oxygen atoms in total. The van der Waals surface area contributed by atoms with Crippen molar-refractivity contribution in [3.8, 4) is 11.4 Å². The van der Waals surface area contributed by atoms with Gasteiger partial charge in [-0.3, -0.25) is 9.48 Å². The van der Waals surface area contributed by atoms with Gasteiger partial charge < -0.3 is 0 Å². The van der Waals surface area contributed by atoms with Crippen molar-refractivity contribution in [2.75, 3.05) is 0 Å². The first-order valence-corrected chi connectivity index (χ1v) is 9.44. The van der Waals surface area contributed by atoms with E-state index in [9.17, 15) is 4.79 Å². The highest BCUT2D eigenvalue weighted by atomic mass is 32.2. The number of nitrogens with zero attached hydrogens (tertiary/aromatic N) is 8. The minimum absolute atomic E-state index is 0.176. The summed E-state index contributed by atoms with van der Waals surface area (Å²) in [6, 6.07) is 9.47. The van der Waals surface area contributed by atoms with Gasteiger partial charge in [-0.25, -0.2) is 4.68 Å². The molecule has 0 N–H and O–H groups in total. The van der Waals surface area contributed by atoms with Crippen LogP contribution in [0.5, 0.6) is 0 Å². The molecule has 4 rings (SSSR count). The molecular formula is C15H14N8OS2. The maximum atomic E-state index is 13.1. The van der Waals surface area contributed by atoms with Gasteiger partial charge in [-0.2, -0.15) is 4.68 Å². The maximum Gasteiger partial charge on any atom is 0.297 e. The van der Waals surface area contributed by atoms with Crippen molar-refractivity contribution in [2.24, 2.45) is 7.05 Å². The summed E-state index contributed by atoms with van der Waals surface area (Å²) in [4.78, 5) is 14.1. The van der Waals surface area contributed by atoms with E-state index in [0.29, 0.717) is 16.6 Å². The Bertz CT molecular complexity index is 1080. The lowest BCUT2D eigenvalue weighted by atomic mass is 10.3. The smallest absolute Gasteiger partial charge is 0.283 e. The summed E-state index contributed by atoms with van der Waals surface area (Å²) in [6.07, 6.45) is 1.71. The van der Waals surface area contributed by atoms with Gasteiger partial charge in [0, 0.05) is 12.8 Å². The Labute approximate surface area is 156 Å². The van der Waals surface area contributed by atoms with Crippen molar-refractivity contribution in [1.82, 2.24) is 39.2 Å². The van der Waals surface area contributed by atoms with E-state index in [1.807, 2.05) is 44.3 Å². The van der Waals surface area contributed by atoms with Crippen LogP contribution in [0.2, 0.25) is 0 Å². The van der Waals surface area contributed by atoms with Crippen LogP contribution in [0.3, 0.4) is 0 Å². The standard InChI is InChI=1S/C15H14N8OS2/c1-10-13(14(24)23(21(10)2)11-6-4-3-5-7-11)22-15(17-18-19-22)25-9-12-8-16-20-26-12/h3-8H,9H2,1-2H3. The maximum absolute atomic E-state index is 13.1. The SMILES string of the molecule is Cc1c(-n2nnnc2SCc2cnns2)c(=O)n(-c2ccccc2)n1C. The second kappa shape index (κ2) is 6.84. The highest BCUT2D eigenvalue weighted by Gasteiger charge is 2.22. The van der Waals surface area contributed by atoms with Gasteiger partial charge in [0.15, 0.2) is 5.69 Å². The average molecular weight is 386 g/mol. The van der Waals surface area contributed by atoms with Gasteiger partial charge in [0.05, 0.1) is 22.5 Å². The molecule has 4 aromatic rings. The van der Waals surface area contributed by atoms with Crippen LogP contribution in [0.4, 0.5) is 0 Å². The van der Waals surface area contributed by atoms with Gasteiger partial charge in [-0.15, -0.1) is 10.2 Å². The molecule has 0 unspecified atom stereocenters. The zero-order valence-electron chi connectivity index (χ0n) is 14.0. The molecule has 0 radical (unpaired) electrons. The Morgan fingerprint density at radius 1 is 1.23 bits per heavy atom. The lowest BCUT2D eigenvalue weighted by molar-refractivity contribution is 0.630. The van der Waals surface area contributed by atoms with E-state index in [1.165, 1.54) is 28.0 Å². The van der Waals surface area contributed by atoms with Gasteiger partial charge in [0.1, 0.15) is 0 Å². The summed E-state index contributed by atoms with van der Waals surface area (Å²) < 4.78 is 8.75. The second-order valence-corrected chi connectivity index (χ2v) is 7.27. The third kappa shape index (κ3) is 2.84. The number of tetrazole rings is 1. The predicted octanol–water partition coefficient (Wildman–Crippen LogP) is 1.60. The number of thioether (sulfide) groups is 1. The van der Waals surface area contributed by atoms with Crippen LogP contribution in [0.15, 0.2) is 46.5 Å². The molecule has 0 spiro atoms. The van der Waals surface area contributed by atoms with Gasteiger partial charge in [0.2, 0.25) is 5.16 Å². The highest BCUT2D eigenvalue weighted by molar-refractivity contribution is 7.98. The van der Waals surface area contributed by atoms with Crippen molar-refractivity contribution >= 4 is 23.3 Å². The van der Waals surface area contributed by atoms with Crippen LogP contribution in [0.25, 0.3) is 11.4 Å². The fourth-order valence-electron chi connectivity index (χ4n) is 2.59. The van der Waals surface area contributed by atoms with Crippen LogP contribution in [-0.2, 0) is 12.8 Å². The van der Waals surface area contributed by atoms with E-state index in [-0.39, 0.29) is 5.56 Å². The molecule has 26 heavy (non-hydrogen) atoms. The van der Waals surface area contributed by atoms with Crippen LogP contribution < -0.4 is 5.56 Å². The van der Waals surface area contributed by atoms with Crippen molar-refractivity contribution in [2.45, 2.75) is 17.8 Å². The molecule has 132 valence electrons. The number of hydrogen-bond acceptors (Lipinski definition) is 8. The van der Waals surface area contributed by atoms with E-state index in [1.54, 1.807) is 15.6 Å². The minimum atomic E-state index is -0.176. The monoisotopic (exact) mass is 386 g/mol. The van der Waals surface area contributed by atoms with Crippen molar-refractivity contribution in [1.29, 1.82) is 0 Å². The van der Waals surface area contributed by atoms with E-state index in [4.69, 9.17) is 0 Å². The topological polar surface area (TPSA) is 96.3 Å². The van der Waals surface area contributed by atoms with Crippen LogP contribution in [0.1, 0.15) is 10.6 Å². The Morgan fingerprint density at radius 2 is 2.04 bits per heavy atom. The molecule has 0 saturated heterocycles. The minimum Gasteiger partial charge on any atom is -0.283 e. The van der Waals surface area contributed by atoms with Crippen LogP contribution in [0, 0.1) is 6.92 Å². The number of aromatic nitrogens is 8. The highest BCUT2D eigenvalue weighted by Crippen LogP contribution is 2.24. The molecule has 0 aliphatic heterocycles. The molecule has 1 aromatic carbocycles. The van der Waals surface area contributed by atoms with Gasteiger partial charge in [0.25, 0.3) is 5.56 Å². The first-order chi connectivity index (χ1) is 12.7. The van der Waals surface area contributed by atoms with Crippen LogP contribution >= 0.6 is 23.3 Å². The zero-order valence-corrected chi connectivity index (χ0v) is 15.6. The first-order valence-electron chi connectivity index (χ1n) is 7.68. The summed E-state index contributed by atoms with van der Waals surface area (Å²) in [5.74, 6) is 0.636. The van der Waals surface area contributed by atoms with E-state index in [2.05, 4.69) is 25.1 Å². The number of hydrogen-bond donors (Lipinski definition) is 0. The summed E-state index contributed by atoms with van der Waals surface area (Å²) in [5, 5.41) is 16.2. The van der Waals surface area contributed by atoms with Gasteiger partial charge in [-0.1, -0.05) is 34.4 Å². The Kier molecular flexibility index (Phi) is 4.39. The Balaban J connectivity index is 1.76. The quantitative estimate of drug-likeness (QED) is 0.481. The number of para-hydroxylation sites is 1. The number of rotatable bonds is 5.